The molecule has 0 aliphatic carbocycles. The average Bonchev–Trinajstić information content (AvgIpc) is 2.41. The van der Waals surface area contributed by atoms with Crippen LogP contribution in [0.3, 0.4) is 0 Å². The van der Waals surface area contributed by atoms with Crippen molar-refractivity contribution in [2.75, 3.05) is 31.1 Å². The van der Waals surface area contributed by atoms with E-state index in [1.54, 1.807) is 0 Å². The van der Waals surface area contributed by atoms with E-state index in [0.717, 1.165) is 17.7 Å². The van der Waals surface area contributed by atoms with Gasteiger partial charge in [-0.2, -0.15) is 0 Å². The lowest BCUT2D eigenvalue weighted by molar-refractivity contribution is 0.247. The molecule has 0 saturated carbocycles. The molecular weight excluding hydrogens is 234 g/mol. The standard InChI is InChI=1S/C12H17N3.2C2H6/c1-2-4-14-12(3-1)15-8-11(9-15)5-10-6-13-7-10;2*1-2/h1-4,10-11,13H,5-9H2;2*1-2H3. The van der Waals surface area contributed by atoms with E-state index in [0.29, 0.717) is 0 Å². The Morgan fingerprint density at radius 1 is 1.11 bits per heavy atom. The average molecular weight is 263 g/mol. The summed E-state index contributed by atoms with van der Waals surface area (Å²) >= 11 is 0. The van der Waals surface area contributed by atoms with Crippen molar-refractivity contribution >= 4 is 5.82 Å². The van der Waals surface area contributed by atoms with E-state index in [1.807, 2.05) is 40.0 Å². The second-order valence-corrected chi connectivity index (χ2v) is 4.72. The van der Waals surface area contributed by atoms with E-state index in [-0.39, 0.29) is 0 Å². The number of pyridine rings is 1. The smallest absolute Gasteiger partial charge is 0.128 e. The minimum atomic E-state index is 0.902. The second-order valence-electron chi connectivity index (χ2n) is 4.72. The molecule has 0 atom stereocenters. The number of anilines is 1. The van der Waals surface area contributed by atoms with Gasteiger partial charge in [0, 0.05) is 19.3 Å². The Morgan fingerprint density at radius 3 is 2.26 bits per heavy atom. The van der Waals surface area contributed by atoms with Crippen molar-refractivity contribution in [1.29, 1.82) is 0 Å². The van der Waals surface area contributed by atoms with Gasteiger partial charge in [-0.1, -0.05) is 33.8 Å². The van der Waals surface area contributed by atoms with Gasteiger partial charge in [0.25, 0.3) is 0 Å². The van der Waals surface area contributed by atoms with Crippen molar-refractivity contribution in [2.24, 2.45) is 11.8 Å². The van der Waals surface area contributed by atoms with Crippen molar-refractivity contribution in [1.82, 2.24) is 10.3 Å². The normalized spacial score (nSPS) is 18.2. The number of nitrogens with one attached hydrogen (secondary N) is 1. The zero-order valence-corrected chi connectivity index (χ0v) is 12.9. The van der Waals surface area contributed by atoms with Gasteiger partial charge >= 0.3 is 0 Å². The van der Waals surface area contributed by atoms with Crippen LogP contribution in [0.15, 0.2) is 24.4 Å². The molecule has 1 N–H and O–H groups in total. The zero-order valence-electron chi connectivity index (χ0n) is 12.9. The summed E-state index contributed by atoms with van der Waals surface area (Å²) in [5.41, 5.74) is 0. The lowest BCUT2D eigenvalue weighted by Crippen LogP contribution is -2.51. The maximum absolute atomic E-state index is 4.36. The van der Waals surface area contributed by atoms with Crippen molar-refractivity contribution in [3.05, 3.63) is 24.4 Å². The van der Waals surface area contributed by atoms with Gasteiger partial charge in [0.15, 0.2) is 0 Å². The molecule has 1 aromatic rings. The summed E-state index contributed by atoms with van der Waals surface area (Å²) in [6, 6.07) is 6.13. The predicted octanol–water partition coefficient (Wildman–Crippen LogP) is 3.18. The van der Waals surface area contributed by atoms with Gasteiger partial charge in [0.05, 0.1) is 0 Å². The van der Waals surface area contributed by atoms with E-state index < -0.39 is 0 Å². The van der Waals surface area contributed by atoms with E-state index in [2.05, 4.69) is 27.3 Å². The van der Waals surface area contributed by atoms with Crippen LogP contribution in [-0.4, -0.2) is 31.2 Å². The topological polar surface area (TPSA) is 28.2 Å². The van der Waals surface area contributed by atoms with Crippen LogP contribution in [0.25, 0.3) is 0 Å². The highest BCUT2D eigenvalue weighted by molar-refractivity contribution is 5.40. The third-order valence-electron chi connectivity index (χ3n) is 3.46. The number of aromatic nitrogens is 1. The highest BCUT2D eigenvalue weighted by Gasteiger charge is 2.31. The lowest BCUT2D eigenvalue weighted by atomic mass is 9.86. The Balaban J connectivity index is 0.000000415. The van der Waals surface area contributed by atoms with Gasteiger partial charge in [-0.15, -0.1) is 0 Å². The minimum absolute atomic E-state index is 0.902. The van der Waals surface area contributed by atoms with Gasteiger partial charge in [-0.3, -0.25) is 0 Å². The van der Waals surface area contributed by atoms with Crippen LogP contribution in [0.4, 0.5) is 5.82 Å². The van der Waals surface area contributed by atoms with E-state index >= 15 is 0 Å². The molecule has 2 aliphatic rings. The fourth-order valence-corrected chi connectivity index (χ4v) is 2.43. The Bertz CT molecular complexity index is 316. The fraction of sp³-hybridized carbons (Fsp3) is 0.688. The largest absolute Gasteiger partial charge is 0.356 e. The summed E-state index contributed by atoms with van der Waals surface area (Å²) in [7, 11) is 0. The number of hydrogen-bond acceptors (Lipinski definition) is 3. The van der Waals surface area contributed by atoms with Gasteiger partial charge in [0.2, 0.25) is 0 Å². The highest BCUT2D eigenvalue weighted by atomic mass is 15.2. The van der Waals surface area contributed by atoms with Crippen LogP contribution < -0.4 is 10.2 Å². The van der Waals surface area contributed by atoms with Gasteiger partial charge in [0.1, 0.15) is 5.82 Å². The summed E-state index contributed by atoms with van der Waals surface area (Å²) in [5, 5.41) is 3.33. The first-order valence-corrected chi connectivity index (χ1v) is 7.78. The number of hydrogen-bond donors (Lipinski definition) is 1. The first-order chi connectivity index (χ1) is 9.42. The molecule has 3 heterocycles. The van der Waals surface area contributed by atoms with Gasteiger partial charge in [-0.05, 0) is 43.5 Å². The molecule has 3 heteroatoms. The van der Waals surface area contributed by atoms with E-state index in [1.165, 1.54) is 32.6 Å². The van der Waals surface area contributed by atoms with Crippen LogP contribution >= 0.6 is 0 Å². The molecule has 3 nitrogen and oxygen atoms in total. The molecule has 2 aliphatic heterocycles. The maximum Gasteiger partial charge on any atom is 0.128 e. The third kappa shape index (κ3) is 4.50. The van der Waals surface area contributed by atoms with Crippen LogP contribution in [0.2, 0.25) is 0 Å². The molecule has 19 heavy (non-hydrogen) atoms. The summed E-state index contributed by atoms with van der Waals surface area (Å²) < 4.78 is 0. The summed E-state index contributed by atoms with van der Waals surface area (Å²) in [6.07, 6.45) is 3.27. The molecule has 0 radical (unpaired) electrons. The molecular formula is C16H29N3. The molecule has 108 valence electrons. The van der Waals surface area contributed by atoms with Crippen LogP contribution in [0.1, 0.15) is 34.1 Å². The molecule has 2 fully saturated rings. The quantitative estimate of drug-likeness (QED) is 0.908. The molecule has 2 saturated heterocycles. The molecule has 0 bridgehead atoms. The summed E-state index contributed by atoms with van der Waals surface area (Å²) in [6.45, 7) is 12.9. The fourth-order valence-electron chi connectivity index (χ4n) is 2.43. The minimum Gasteiger partial charge on any atom is -0.356 e. The van der Waals surface area contributed by atoms with Crippen LogP contribution in [0, 0.1) is 11.8 Å². The third-order valence-corrected chi connectivity index (χ3v) is 3.46. The Labute approximate surface area is 118 Å². The Kier molecular flexibility index (Phi) is 7.49. The van der Waals surface area contributed by atoms with Crippen LogP contribution in [-0.2, 0) is 0 Å². The summed E-state index contributed by atoms with van der Waals surface area (Å²) in [4.78, 5) is 6.73. The second kappa shape index (κ2) is 8.92. The number of rotatable bonds is 3. The van der Waals surface area contributed by atoms with Crippen molar-refractivity contribution in [2.45, 2.75) is 34.1 Å². The molecule has 0 amide bonds. The first-order valence-electron chi connectivity index (χ1n) is 7.78. The Hall–Kier alpha value is -1.09. The lowest BCUT2D eigenvalue weighted by Gasteiger charge is -2.43. The van der Waals surface area contributed by atoms with Gasteiger partial charge in [-0.25, -0.2) is 4.98 Å². The monoisotopic (exact) mass is 263 g/mol. The molecule has 3 rings (SSSR count). The SMILES string of the molecule is CC.CC.c1ccc(N2CC(CC3CNC3)C2)nc1. The molecule has 0 unspecified atom stereocenters. The maximum atomic E-state index is 4.36. The molecule has 1 aromatic heterocycles. The van der Waals surface area contributed by atoms with E-state index in [9.17, 15) is 0 Å². The van der Waals surface area contributed by atoms with E-state index in [4.69, 9.17) is 0 Å². The van der Waals surface area contributed by atoms with Crippen LogP contribution in [0.5, 0.6) is 0 Å². The molecule has 0 spiro atoms. The van der Waals surface area contributed by atoms with Crippen molar-refractivity contribution in [3.63, 3.8) is 0 Å². The zero-order chi connectivity index (χ0) is 14.1. The molecule has 0 aromatic carbocycles. The number of nitrogens with zero attached hydrogens (tertiary/aromatic N) is 2. The summed E-state index contributed by atoms with van der Waals surface area (Å²) in [5.74, 6) is 2.99. The van der Waals surface area contributed by atoms with Crippen molar-refractivity contribution in [3.8, 4) is 0 Å². The highest BCUT2D eigenvalue weighted by Crippen LogP contribution is 2.28. The van der Waals surface area contributed by atoms with Crippen molar-refractivity contribution < 1.29 is 0 Å². The predicted molar refractivity (Wildman–Crippen MR) is 83.6 cm³/mol. The first kappa shape index (κ1) is 16.0. The Morgan fingerprint density at radius 2 is 1.79 bits per heavy atom. The van der Waals surface area contributed by atoms with Gasteiger partial charge < -0.3 is 10.2 Å².